The van der Waals surface area contributed by atoms with Crippen LogP contribution in [-0.2, 0) is 33.8 Å². The fraction of sp³-hybridized carbons (Fsp3) is 0.350. The number of anilines is 4. The molecule has 0 spiro atoms. The number of sulfone groups is 2. The molecule has 0 aliphatic heterocycles. The van der Waals surface area contributed by atoms with Gasteiger partial charge in [0.2, 0.25) is 0 Å². The minimum Gasteiger partial charge on any atom is -0.395 e. The summed E-state index contributed by atoms with van der Waals surface area (Å²) in [6.45, 7) is 3.72. The Kier molecular flexibility index (Phi) is 11.0. The molecular weight excluding hydrogens is 797 g/mol. The van der Waals surface area contributed by atoms with E-state index in [2.05, 4.69) is 25.9 Å². The van der Waals surface area contributed by atoms with Gasteiger partial charge in [0, 0.05) is 64.2 Å². The van der Waals surface area contributed by atoms with Crippen LogP contribution in [0.15, 0.2) is 80.6 Å². The molecule has 0 saturated heterocycles. The van der Waals surface area contributed by atoms with E-state index in [0.29, 0.717) is 62.5 Å². The smallest absolute Gasteiger partial charge is 0.264 e. The lowest BCUT2D eigenvalue weighted by Crippen LogP contribution is -2.21. The zero-order valence-electron chi connectivity index (χ0n) is 33.7. The molecule has 4 N–H and O–H groups in total. The van der Waals surface area contributed by atoms with Crippen LogP contribution < -0.4 is 32.0 Å². The molecule has 0 radical (unpaired) electrons. The second kappa shape index (κ2) is 15.7. The number of nitrogens with zero attached hydrogens (tertiary/aromatic N) is 7. The standard InChI is InChI=1S/C40H46N10O7S2/c1-22(2)44-37-35-30(42-20-49(5)39(35)52)17-28(46-37)23-8-10-26(41-12-13-51)33(15-23)59(56,57)19-25-14-27(25)45-38-36-31(43-21-50(6)40(36)53)18-29(47-38)24-9-11-32(48(3)4)34(16-24)58(7,54)55/h8-11,15-18,20-22,25,27,41,51H,12-14,19H2,1-7H3,(H,44,46)(H,45,47). The van der Waals surface area contributed by atoms with Gasteiger partial charge in [0.05, 0.1) is 68.6 Å². The highest BCUT2D eigenvalue weighted by molar-refractivity contribution is 7.91. The quantitative estimate of drug-likeness (QED) is 0.124. The van der Waals surface area contributed by atoms with Crippen molar-refractivity contribution in [3.05, 3.63) is 81.9 Å². The lowest BCUT2D eigenvalue weighted by Gasteiger charge is -2.18. The summed E-state index contributed by atoms with van der Waals surface area (Å²) in [6, 6.07) is 12.7. The summed E-state index contributed by atoms with van der Waals surface area (Å²) in [5.41, 5.74) is 2.68. The summed E-state index contributed by atoms with van der Waals surface area (Å²) < 4.78 is 57.0. The van der Waals surface area contributed by atoms with Crippen molar-refractivity contribution in [1.29, 1.82) is 0 Å². The number of rotatable bonds is 14. The maximum atomic E-state index is 14.3. The Morgan fingerprint density at radius 1 is 0.831 bits per heavy atom. The van der Waals surface area contributed by atoms with Crippen LogP contribution >= 0.6 is 0 Å². The number of aliphatic hydroxyl groups is 1. The first kappa shape index (κ1) is 41.2. The van der Waals surface area contributed by atoms with E-state index in [1.165, 1.54) is 27.9 Å². The highest BCUT2D eigenvalue weighted by atomic mass is 32.2. The molecule has 2 unspecified atom stereocenters. The third-order valence-electron chi connectivity index (χ3n) is 10.1. The van der Waals surface area contributed by atoms with Crippen molar-refractivity contribution in [2.75, 3.05) is 60.1 Å². The van der Waals surface area contributed by atoms with Gasteiger partial charge in [-0.05, 0) is 62.6 Å². The van der Waals surface area contributed by atoms with Gasteiger partial charge < -0.3 is 35.1 Å². The summed E-state index contributed by atoms with van der Waals surface area (Å²) in [5, 5.41) is 19.7. The molecule has 19 heteroatoms. The van der Waals surface area contributed by atoms with Crippen LogP contribution in [0, 0.1) is 5.92 Å². The molecule has 1 aliphatic rings. The Labute approximate surface area is 341 Å². The van der Waals surface area contributed by atoms with Crippen molar-refractivity contribution in [2.24, 2.45) is 20.0 Å². The number of hydrogen-bond donors (Lipinski definition) is 4. The molecule has 17 nitrogen and oxygen atoms in total. The van der Waals surface area contributed by atoms with Gasteiger partial charge in [0.1, 0.15) is 22.4 Å². The molecule has 2 atom stereocenters. The van der Waals surface area contributed by atoms with Crippen LogP contribution in [0.4, 0.5) is 23.0 Å². The van der Waals surface area contributed by atoms with Crippen LogP contribution in [0.3, 0.4) is 0 Å². The van der Waals surface area contributed by atoms with Gasteiger partial charge in [-0.1, -0.05) is 12.1 Å². The van der Waals surface area contributed by atoms with Crippen molar-refractivity contribution < 1.29 is 21.9 Å². The summed E-state index contributed by atoms with van der Waals surface area (Å²) in [7, 11) is -0.939. The number of pyridine rings is 2. The molecule has 310 valence electrons. The normalized spacial score (nSPS) is 15.5. The molecule has 6 aromatic rings. The Balaban J connectivity index is 1.23. The van der Waals surface area contributed by atoms with Gasteiger partial charge in [0.25, 0.3) is 11.1 Å². The van der Waals surface area contributed by atoms with Crippen molar-refractivity contribution in [3.63, 3.8) is 0 Å². The zero-order chi connectivity index (χ0) is 42.6. The largest absolute Gasteiger partial charge is 0.395 e. The SMILES string of the molecule is CC(C)Nc1nc(-c2ccc(NCCO)c(S(=O)(=O)CC3CC3Nc3nc(-c4ccc(N(C)C)c(S(C)(=O)=O)c4)cc4ncn(C)c(=O)c34)c2)cc2ncn(C)c(=O)c12. The van der Waals surface area contributed by atoms with Gasteiger partial charge in [-0.25, -0.2) is 36.8 Å². The summed E-state index contributed by atoms with van der Waals surface area (Å²) >= 11 is 0. The Bertz CT molecular complexity index is 2990. The number of fused-ring (bicyclic) bond motifs is 2. The first-order valence-corrected chi connectivity index (χ1v) is 22.4. The predicted octanol–water partition coefficient (Wildman–Crippen LogP) is 3.27. The highest BCUT2D eigenvalue weighted by Crippen LogP contribution is 2.40. The second-order valence-electron chi connectivity index (χ2n) is 15.4. The highest BCUT2D eigenvalue weighted by Gasteiger charge is 2.42. The molecular formula is C40H46N10O7S2. The van der Waals surface area contributed by atoms with E-state index in [1.54, 1.807) is 75.6 Å². The van der Waals surface area contributed by atoms with Crippen LogP contribution in [0.5, 0.6) is 0 Å². The molecule has 59 heavy (non-hydrogen) atoms. The van der Waals surface area contributed by atoms with Gasteiger partial charge >= 0.3 is 0 Å². The van der Waals surface area contributed by atoms with Gasteiger partial charge in [0.15, 0.2) is 19.7 Å². The van der Waals surface area contributed by atoms with Gasteiger partial charge in [-0.3, -0.25) is 9.59 Å². The number of aliphatic hydroxyl groups excluding tert-OH is 1. The van der Waals surface area contributed by atoms with E-state index in [4.69, 9.17) is 9.97 Å². The molecule has 1 saturated carbocycles. The van der Waals surface area contributed by atoms with Crippen molar-refractivity contribution in [2.45, 2.75) is 42.1 Å². The lowest BCUT2D eigenvalue weighted by molar-refractivity contribution is 0.311. The molecule has 2 aromatic carbocycles. The zero-order valence-corrected chi connectivity index (χ0v) is 35.3. The summed E-state index contributed by atoms with van der Waals surface area (Å²) in [6.07, 6.45) is 4.41. The average Bonchev–Trinajstić information content (AvgIpc) is 3.90. The van der Waals surface area contributed by atoms with E-state index >= 15 is 0 Å². The Morgan fingerprint density at radius 2 is 1.39 bits per heavy atom. The molecule has 4 aromatic heterocycles. The molecule has 0 bridgehead atoms. The minimum atomic E-state index is -3.99. The fourth-order valence-electron chi connectivity index (χ4n) is 6.99. The molecule has 4 heterocycles. The van der Waals surface area contributed by atoms with Gasteiger partial charge in [-0.2, -0.15) is 0 Å². The van der Waals surface area contributed by atoms with Crippen molar-refractivity contribution in [3.8, 4) is 22.5 Å². The van der Waals surface area contributed by atoms with Gasteiger partial charge in [-0.15, -0.1) is 0 Å². The third kappa shape index (κ3) is 8.35. The number of hydrogen-bond acceptors (Lipinski definition) is 15. The van der Waals surface area contributed by atoms with Crippen molar-refractivity contribution >= 4 is 64.5 Å². The molecule has 7 rings (SSSR count). The monoisotopic (exact) mass is 842 g/mol. The summed E-state index contributed by atoms with van der Waals surface area (Å²) in [5.74, 6) is -0.0792. The van der Waals surface area contributed by atoms with Crippen LogP contribution in [0.2, 0.25) is 0 Å². The van der Waals surface area contributed by atoms with E-state index in [0.717, 1.165) is 6.26 Å². The average molecular weight is 843 g/mol. The van der Waals surface area contributed by atoms with Crippen LogP contribution in [0.1, 0.15) is 20.3 Å². The predicted molar refractivity (Wildman–Crippen MR) is 230 cm³/mol. The molecule has 1 fully saturated rings. The van der Waals surface area contributed by atoms with Crippen molar-refractivity contribution in [1.82, 2.24) is 29.1 Å². The number of aromatic nitrogens is 6. The second-order valence-corrected chi connectivity index (χ2v) is 19.3. The minimum absolute atomic E-state index is 0.0118. The van der Waals surface area contributed by atoms with Crippen LogP contribution in [0.25, 0.3) is 44.3 Å². The third-order valence-corrected chi connectivity index (χ3v) is 13.1. The first-order chi connectivity index (χ1) is 27.9. The van der Waals surface area contributed by atoms with Crippen LogP contribution in [-0.4, -0.2) is 102 Å². The Morgan fingerprint density at radius 3 is 1.95 bits per heavy atom. The Hall–Kier alpha value is -5.92. The lowest BCUT2D eigenvalue weighted by atomic mass is 10.1. The molecule has 0 amide bonds. The fourth-order valence-corrected chi connectivity index (χ4v) is 9.86. The maximum absolute atomic E-state index is 14.3. The maximum Gasteiger partial charge on any atom is 0.264 e. The number of aryl methyl sites for hydroxylation is 2. The number of nitrogens with one attached hydrogen (secondary N) is 3. The topological polar surface area (TPSA) is 223 Å². The first-order valence-electron chi connectivity index (χ1n) is 18.9. The summed E-state index contributed by atoms with van der Waals surface area (Å²) in [4.78, 5) is 46.9. The van der Waals surface area contributed by atoms with E-state index < -0.39 is 19.7 Å². The van der Waals surface area contributed by atoms with E-state index in [9.17, 15) is 31.5 Å². The van der Waals surface area contributed by atoms with E-state index in [-0.39, 0.29) is 69.0 Å². The van der Waals surface area contributed by atoms with E-state index in [1.807, 2.05) is 13.8 Å². The number of benzene rings is 2. The molecule has 1 aliphatic carbocycles.